The molecule has 0 amide bonds. The van der Waals surface area contributed by atoms with E-state index < -0.39 is 15.0 Å². The molecule has 0 radical (unpaired) electrons. The lowest BCUT2D eigenvalue weighted by Crippen LogP contribution is -2.02. The summed E-state index contributed by atoms with van der Waals surface area (Å²) < 4.78 is 38.4. The number of unbranched alkanes of at least 4 members (excludes halogenated alkanes) is 8. The minimum atomic E-state index is -4.51. The fraction of sp³-hybridized carbons (Fsp3) is 0.478. The monoisotopic (exact) mass is 420 g/mol. The van der Waals surface area contributed by atoms with Gasteiger partial charge in [0, 0.05) is 6.07 Å². The van der Waals surface area contributed by atoms with Crippen LogP contribution in [0.15, 0.2) is 47.4 Å². The third-order valence-electron chi connectivity index (χ3n) is 4.95. The van der Waals surface area contributed by atoms with Crippen LogP contribution in [-0.2, 0) is 16.5 Å². The lowest BCUT2D eigenvalue weighted by Gasteiger charge is -2.13. The first kappa shape index (κ1) is 23.2. The normalized spacial score (nSPS) is 11.5. The van der Waals surface area contributed by atoms with Gasteiger partial charge in [-0.25, -0.2) is 0 Å². The second-order valence-electron chi connectivity index (χ2n) is 7.39. The molecule has 0 atom stereocenters. The zero-order valence-electron chi connectivity index (χ0n) is 17.1. The number of phenolic OH excluding ortho intramolecular Hbond substituents is 1. The Bertz CT molecular complexity index is 861. The minimum absolute atomic E-state index is 0.00942. The molecule has 0 heterocycles. The maximum atomic E-state index is 11.6. The fourth-order valence-corrected chi connectivity index (χ4v) is 3.97. The first-order valence-corrected chi connectivity index (χ1v) is 11.9. The van der Waals surface area contributed by atoms with Crippen molar-refractivity contribution in [3.8, 4) is 17.2 Å². The third kappa shape index (κ3) is 8.07. The van der Waals surface area contributed by atoms with Crippen LogP contribution in [0.25, 0.3) is 0 Å². The van der Waals surface area contributed by atoms with Gasteiger partial charge in [-0.1, -0.05) is 76.5 Å². The number of phenols is 1. The van der Waals surface area contributed by atoms with Crippen LogP contribution in [0.3, 0.4) is 0 Å². The highest BCUT2D eigenvalue weighted by molar-refractivity contribution is 7.86. The van der Waals surface area contributed by atoms with Crippen molar-refractivity contribution in [1.82, 2.24) is 0 Å². The molecule has 0 aliphatic carbocycles. The summed E-state index contributed by atoms with van der Waals surface area (Å²) in [5.74, 6) is 0.292. The Morgan fingerprint density at radius 3 is 2.10 bits per heavy atom. The van der Waals surface area contributed by atoms with E-state index in [0.29, 0.717) is 5.75 Å². The van der Waals surface area contributed by atoms with Crippen molar-refractivity contribution in [2.75, 3.05) is 0 Å². The summed E-state index contributed by atoms with van der Waals surface area (Å²) >= 11 is 0. The first-order chi connectivity index (χ1) is 13.9. The van der Waals surface area contributed by atoms with Gasteiger partial charge < -0.3 is 9.84 Å². The number of para-hydroxylation sites is 1. The van der Waals surface area contributed by atoms with Crippen molar-refractivity contribution in [3.63, 3.8) is 0 Å². The fourth-order valence-electron chi connectivity index (χ4n) is 3.34. The predicted molar refractivity (Wildman–Crippen MR) is 115 cm³/mol. The molecule has 29 heavy (non-hydrogen) atoms. The van der Waals surface area contributed by atoms with Crippen LogP contribution < -0.4 is 4.74 Å². The van der Waals surface area contributed by atoms with Gasteiger partial charge in [0.15, 0.2) is 0 Å². The highest BCUT2D eigenvalue weighted by Crippen LogP contribution is 2.33. The summed E-state index contributed by atoms with van der Waals surface area (Å²) in [6, 6.07) is 11.1. The summed E-state index contributed by atoms with van der Waals surface area (Å²) in [6.45, 7) is 2.23. The van der Waals surface area contributed by atoms with Gasteiger partial charge in [-0.2, -0.15) is 8.42 Å². The molecule has 0 aliphatic rings. The number of benzene rings is 2. The lowest BCUT2D eigenvalue weighted by molar-refractivity contribution is 0.435. The molecule has 2 aromatic carbocycles. The van der Waals surface area contributed by atoms with Gasteiger partial charge >= 0.3 is 0 Å². The highest BCUT2D eigenvalue weighted by Gasteiger charge is 2.19. The topological polar surface area (TPSA) is 83.8 Å². The Kier molecular flexibility index (Phi) is 9.48. The van der Waals surface area contributed by atoms with E-state index in [1.165, 1.54) is 57.1 Å². The van der Waals surface area contributed by atoms with Crippen molar-refractivity contribution in [1.29, 1.82) is 0 Å². The number of hydrogen-bond donors (Lipinski definition) is 2. The zero-order chi connectivity index (χ0) is 21.1. The maximum absolute atomic E-state index is 11.6. The van der Waals surface area contributed by atoms with Crippen LogP contribution in [0.2, 0.25) is 0 Å². The molecular formula is C23H32O5S. The smallest absolute Gasteiger partial charge is 0.298 e. The molecule has 0 saturated carbocycles. The lowest BCUT2D eigenvalue weighted by atomic mass is 10.0. The van der Waals surface area contributed by atoms with E-state index in [-0.39, 0.29) is 11.5 Å². The number of hydrogen-bond acceptors (Lipinski definition) is 4. The average molecular weight is 421 g/mol. The number of aryl methyl sites for hydroxylation is 1. The minimum Gasteiger partial charge on any atom is -0.508 e. The number of aromatic hydroxyl groups is 1. The summed E-state index contributed by atoms with van der Waals surface area (Å²) in [4.78, 5) is -0.449. The molecule has 2 N–H and O–H groups in total. The second kappa shape index (κ2) is 11.8. The standard InChI is InChI=1S/C23H32O5S/c1-2-3-4-5-6-7-8-9-10-13-19-14-11-12-15-21(19)28-22-17-16-20(24)18-23(22)29(25,26)27/h11-12,14-18,24H,2-10,13H2,1H3,(H,25,26,27). The van der Waals surface area contributed by atoms with Crippen LogP contribution in [0.1, 0.15) is 70.3 Å². The van der Waals surface area contributed by atoms with Crippen molar-refractivity contribution in [2.24, 2.45) is 0 Å². The van der Waals surface area contributed by atoms with Crippen molar-refractivity contribution in [2.45, 2.75) is 76.0 Å². The molecule has 160 valence electrons. The molecule has 0 aromatic heterocycles. The molecular weight excluding hydrogens is 388 g/mol. The Morgan fingerprint density at radius 1 is 0.828 bits per heavy atom. The van der Waals surface area contributed by atoms with Crippen LogP contribution in [-0.4, -0.2) is 18.1 Å². The van der Waals surface area contributed by atoms with E-state index in [1.807, 2.05) is 18.2 Å². The zero-order valence-corrected chi connectivity index (χ0v) is 18.0. The Balaban J connectivity index is 1.92. The molecule has 0 saturated heterocycles. The van der Waals surface area contributed by atoms with Crippen molar-refractivity contribution in [3.05, 3.63) is 48.0 Å². The van der Waals surface area contributed by atoms with Gasteiger partial charge in [-0.05, 0) is 36.6 Å². The van der Waals surface area contributed by atoms with Gasteiger partial charge in [-0.3, -0.25) is 4.55 Å². The average Bonchev–Trinajstić information content (AvgIpc) is 2.68. The Morgan fingerprint density at radius 2 is 1.45 bits per heavy atom. The van der Waals surface area contributed by atoms with Gasteiger partial charge in [0.25, 0.3) is 10.1 Å². The molecule has 0 unspecified atom stereocenters. The molecule has 0 spiro atoms. The molecule has 5 nitrogen and oxygen atoms in total. The largest absolute Gasteiger partial charge is 0.508 e. The number of ether oxygens (including phenoxy) is 1. The van der Waals surface area contributed by atoms with E-state index in [2.05, 4.69) is 6.92 Å². The first-order valence-electron chi connectivity index (χ1n) is 10.5. The summed E-state index contributed by atoms with van der Waals surface area (Å²) in [5, 5.41) is 9.54. The van der Waals surface area contributed by atoms with E-state index in [1.54, 1.807) is 6.07 Å². The molecule has 2 rings (SSSR count). The second-order valence-corrected chi connectivity index (χ2v) is 8.78. The van der Waals surface area contributed by atoms with Crippen LogP contribution in [0.5, 0.6) is 17.2 Å². The molecule has 0 aliphatic heterocycles. The molecule has 2 aromatic rings. The van der Waals surface area contributed by atoms with Crippen LogP contribution >= 0.6 is 0 Å². The molecule has 0 fully saturated rings. The van der Waals surface area contributed by atoms with Crippen molar-refractivity contribution < 1.29 is 22.8 Å². The SMILES string of the molecule is CCCCCCCCCCCc1ccccc1Oc1ccc(O)cc1S(=O)(=O)O. The van der Waals surface area contributed by atoms with Crippen LogP contribution in [0.4, 0.5) is 0 Å². The molecule has 0 bridgehead atoms. The van der Waals surface area contributed by atoms with Gasteiger partial charge in [0.05, 0.1) is 0 Å². The third-order valence-corrected chi connectivity index (χ3v) is 5.82. The maximum Gasteiger partial charge on any atom is 0.298 e. The van der Waals surface area contributed by atoms with Gasteiger partial charge in [0.1, 0.15) is 22.1 Å². The van der Waals surface area contributed by atoms with Crippen LogP contribution in [0, 0.1) is 0 Å². The van der Waals surface area contributed by atoms with E-state index in [0.717, 1.165) is 30.9 Å². The summed E-state index contributed by atoms with van der Waals surface area (Å²) in [7, 11) is -4.51. The quantitative estimate of drug-likeness (QED) is 0.285. The Labute approximate surface area is 174 Å². The highest BCUT2D eigenvalue weighted by atomic mass is 32.2. The van der Waals surface area contributed by atoms with E-state index >= 15 is 0 Å². The number of rotatable bonds is 13. The van der Waals surface area contributed by atoms with Crippen molar-refractivity contribution >= 4 is 10.1 Å². The summed E-state index contributed by atoms with van der Waals surface area (Å²) in [6.07, 6.45) is 12.1. The van der Waals surface area contributed by atoms with E-state index in [4.69, 9.17) is 4.74 Å². The summed E-state index contributed by atoms with van der Waals surface area (Å²) in [5.41, 5.74) is 0.991. The Hall–Kier alpha value is -2.05. The predicted octanol–water partition coefficient (Wildman–Crippen LogP) is 6.50. The van der Waals surface area contributed by atoms with Gasteiger partial charge in [0.2, 0.25) is 0 Å². The van der Waals surface area contributed by atoms with Gasteiger partial charge in [-0.15, -0.1) is 0 Å². The van der Waals surface area contributed by atoms with E-state index in [9.17, 15) is 18.1 Å². The molecule has 6 heteroatoms.